The molecule has 4 rings (SSSR count). The third kappa shape index (κ3) is 3.33. The number of rotatable bonds is 3. The first kappa shape index (κ1) is 18.0. The van der Waals surface area contributed by atoms with Gasteiger partial charge in [0.25, 0.3) is 0 Å². The normalized spacial score (nSPS) is 17.9. The first-order valence-electron chi connectivity index (χ1n) is 9.48. The maximum Gasteiger partial charge on any atom is 0.495 e. The van der Waals surface area contributed by atoms with E-state index in [-0.39, 0.29) is 18.3 Å². The lowest BCUT2D eigenvalue weighted by atomic mass is 9.73. The Hall–Kier alpha value is -2.36. The van der Waals surface area contributed by atoms with Crippen molar-refractivity contribution in [2.75, 3.05) is 0 Å². The highest BCUT2D eigenvalue weighted by Crippen LogP contribution is 2.37. The van der Waals surface area contributed by atoms with Gasteiger partial charge in [0.2, 0.25) is 0 Å². The molecule has 1 heterocycles. The molecule has 3 aromatic rings. The van der Waals surface area contributed by atoms with Gasteiger partial charge in [-0.25, -0.2) is 0 Å². The third-order valence-corrected chi connectivity index (χ3v) is 5.75. The standard InChI is InChI=1S/C24H25BO2/c1-23(2)24(3,4)27-25(26-23)22-16-15-20(18-11-7-5-8-12-18)17-21(22)19-13-9-6-10-14-19/h5-17H,1-4H3. The van der Waals surface area contributed by atoms with E-state index in [1.165, 1.54) is 16.7 Å². The van der Waals surface area contributed by atoms with Crippen molar-refractivity contribution in [2.24, 2.45) is 0 Å². The average molecular weight is 356 g/mol. The van der Waals surface area contributed by atoms with Crippen molar-refractivity contribution < 1.29 is 9.31 Å². The van der Waals surface area contributed by atoms with Gasteiger partial charge in [-0.15, -0.1) is 0 Å². The Morgan fingerprint density at radius 3 is 1.67 bits per heavy atom. The molecular formula is C24H25BO2. The fourth-order valence-electron chi connectivity index (χ4n) is 3.41. The van der Waals surface area contributed by atoms with Crippen LogP contribution in [0.4, 0.5) is 0 Å². The van der Waals surface area contributed by atoms with Gasteiger partial charge in [0.15, 0.2) is 0 Å². The van der Waals surface area contributed by atoms with Crippen molar-refractivity contribution in [1.82, 2.24) is 0 Å². The van der Waals surface area contributed by atoms with E-state index >= 15 is 0 Å². The van der Waals surface area contributed by atoms with Gasteiger partial charge >= 0.3 is 7.12 Å². The Kier molecular flexibility index (Phi) is 4.45. The summed E-state index contributed by atoms with van der Waals surface area (Å²) in [5, 5.41) is 0. The van der Waals surface area contributed by atoms with Crippen molar-refractivity contribution >= 4 is 12.6 Å². The molecule has 0 amide bonds. The highest BCUT2D eigenvalue weighted by molar-refractivity contribution is 6.64. The van der Waals surface area contributed by atoms with Crippen molar-refractivity contribution in [3.8, 4) is 22.3 Å². The summed E-state index contributed by atoms with van der Waals surface area (Å²) in [6, 6.07) is 27.4. The summed E-state index contributed by atoms with van der Waals surface area (Å²) in [6.07, 6.45) is 0. The Morgan fingerprint density at radius 1 is 0.593 bits per heavy atom. The van der Waals surface area contributed by atoms with Gasteiger partial charge in [0.05, 0.1) is 11.2 Å². The zero-order valence-corrected chi connectivity index (χ0v) is 16.4. The van der Waals surface area contributed by atoms with Crippen LogP contribution in [0.25, 0.3) is 22.3 Å². The quantitative estimate of drug-likeness (QED) is 0.592. The predicted octanol–water partition coefficient (Wildman–Crippen LogP) is 5.32. The van der Waals surface area contributed by atoms with Crippen LogP contribution in [-0.4, -0.2) is 18.3 Å². The van der Waals surface area contributed by atoms with E-state index in [0.29, 0.717) is 0 Å². The SMILES string of the molecule is CC1(C)OB(c2ccc(-c3ccccc3)cc2-c2ccccc2)OC1(C)C. The van der Waals surface area contributed by atoms with E-state index in [0.717, 1.165) is 11.0 Å². The van der Waals surface area contributed by atoms with Crippen LogP contribution >= 0.6 is 0 Å². The van der Waals surface area contributed by atoms with Crippen LogP contribution in [0, 0.1) is 0 Å². The van der Waals surface area contributed by atoms with Crippen molar-refractivity contribution in [1.29, 1.82) is 0 Å². The molecular weight excluding hydrogens is 331 g/mol. The molecule has 27 heavy (non-hydrogen) atoms. The van der Waals surface area contributed by atoms with Gasteiger partial charge < -0.3 is 9.31 Å². The maximum atomic E-state index is 6.34. The Morgan fingerprint density at radius 2 is 1.11 bits per heavy atom. The molecule has 0 radical (unpaired) electrons. The second-order valence-corrected chi connectivity index (χ2v) is 8.12. The van der Waals surface area contributed by atoms with Crippen molar-refractivity contribution in [3.63, 3.8) is 0 Å². The molecule has 1 aliphatic heterocycles. The minimum Gasteiger partial charge on any atom is -0.399 e. The molecule has 1 saturated heterocycles. The predicted molar refractivity (Wildman–Crippen MR) is 113 cm³/mol. The lowest BCUT2D eigenvalue weighted by Gasteiger charge is -2.32. The van der Waals surface area contributed by atoms with Gasteiger partial charge in [-0.05, 0) is 61.5 Å². The minimum atomic E-state index is -0.380. The maximum absolute atomic E-state index is 6.34. The Bertz CT molecular complexity index is 917. The van der Waals surface area contributed by atoms with Gasteiger partial charge in [-0.1, -0.05) is 72.8 Å². The van der Waals surface area contributed by atoms with Crippen LogP contribution in [0.3, 0.4) is 0 Å². The highest BCUT2D eigenvalue weighted by Gasteiger charge is 2.52. The second-order valence-electron chi connectivity index (χ2n) is 8.12. The summed E-state index contributed by atoms with van der Waals surface area (Å²) in [5.74, 6) is 0. The number of hydrogen-bond acceptors (Lipinski definition) is 2. The molecule has 0 bridgehead atoms. The fraction of sp³-hybridized carbons (Fsp3) is 0.250. The minimum absolute atomic E-state index is 0.357. The molecule has 136 valence electrons. The van der Waals surface area contributed by atoms with E-state index < -0.39 is 0 Å². The van der Waals surface area contributed by atoms with E-state index in [1.54, 1.807) is 0 Å². The zero-order chi connectivity index (χ0) is 19.1. The monoisotopic (exact) mass is 356 g/mol. The smallest absolute Gasteiger partial charge is 0.399 e. The zero-order valence-electron chi connectivity index (χ0n) is 16.4. The van der Waals surface area contributed by atoms with Gasteiger partial charge in [-0.3, -0.25) is 0 Å². The van der Waals surface area contributed by atoms with Gasteiger partial charge in [-0.2, -0.15) is 0 Å². The largest absolute Gasteiger partial charge is 0.495 e. The molecule has 0 aromatic heterocycles. The third-order valence-electron chi connectivity index (χ3n) is 5.75. The van der Waals surface area contributed by atoms with E-state index in [1.807, 2.05) is 12.1 Å². The first-order valence-corrected chi connectivity index (χ1v) is 9.48. The molecule has 0 unspecified atom stereocenters. The van der Waals surface area contributed by atoms with E-state index in [2.05, 4.69) is 94.4 Å². The summed E-state index contributed by atoms with van der Waals surface area (Å²) in [6.45, 7) is 8.36. The van der Waals surface area contributed by atoms with Gasteiger partial charge in [0.1, 0.15) is 0 Å². The summed E-state index contributed by atoms with van der Waals surface area (Å²) >= 11 is 0. The molecule has 1 aliphatic rings. The molecule has 0 saturated carbocycles. The van der Waals surface area contributed by atoms with Crippen LogP contribution in [0.2, 0.25) is 0 Å². The Labute approximate surface area is 162 Å². The summed E-state index contributed by atoms with van der Waals surface area (Å²) in [7, 11) is -0.380. The van der Waals surface area contributed by atoms with Crippen LogP contribution in [0.5, 0.6) is 0 Å². The van der Waals surface area contributed by atoms with Crippen LogP contribution in [0.1, 0.15) is 27.7 Å². The molecule has 0 aliphatic carbocycles. The van der Waals surface area contributed by atoms with Gasteiger partial charge in [0, 0.05) is 0 Å². The molecule has 3 heteroatoms. The second kappa shape index (κ2) is 6.67. The molecule has 0 N–H and O–H groups in total. The lowest BCUT2D eigenvalue weighted by Crippen LogP contribution is -2.41. The van der Waals surface area contributed by atoms with Crippen LogP contribution in [0.15, 0.2) is 78.9 Å². The van der Waals surface area contributed by atoms with E-state index in [9.17, 15) is 0 Å². The summed E-state index contributed by atoms with van der Waals surface area (Å²) in [5.41, 5.74) is 5.06. The molecule has 2 nitrogen and oxygen atoms in total. The molecule has 1 fully saturated rings. The first-order chi connectivity index (χ1) is 12.9. The van der Waals surface area contributed by atoms with Crippen LogP contribution < -0.4 is 5.46 Å². The molecule has 0 spiro atoms. The number of benzene rings is 3. The average Bonchev–Trinajstić information content (AvgIpc) is 2.90. The lowest BCUT2D eigenvalue weighted by molar-refractivity contribution is 0.00578. The summed E-state index contributed by atoms with van der Waals surface area (Å²) < 4.78 is 12.7. The van der Waals surface area contributed by atoms with Crippen molar-refractivity contribution in [3.05, 3.63) is 78.9 Å². The highest BCUT2D eigenvalue weighted by atomic mass is 16.7. The topological polar surface area (TPSA) is 18.5 Å². The van der Waals surface area contributed by atoms with E-state index in [4.69, 9.17) is 9.31 Å². The number of hydrogen-bond donors (Lipinski definition) is 0. The van der Waals surface area contributed by atoms with Crippen LogP contribution in [-0.2, 0) is 9.31 Å². The summed E-state index contributed by atoms with van der Waals surface area (Å²) in [4.78, 5) is 0. The molecule has 0 atom stereocenters. The fourth-order valence-corrected chi connectivity index (χ4v) is 3.41. The molecule has 3 aromatic carbocycles. The van der Waals surface area contributed by atoms with Crippen molar-refractivity contribution in [2.45, 2.75) is 38.9 Å². The Balaban J connectivity index is 1.83.